The first-order valence-electron chi connectivity index (χ1n) is 5.78. The van der Waals surface area contributed by atoms with Gasteiger partial charge in [-0.05, 0) is 38.4 Å². The zero-order valence-corrected chi connectivity index (χ0v) is 9.62. The molecule has 86 valence electrons. The molecule has 0 aromatic heterocycles. The Hall–Kier alpha value is -1.35. The minimum absolute atomic E-state index is 0.00975. The fraction of sp³-hybridized carbons (Fsp3) is 0.462. The number of hydrogen-bond donors (Lipinski definition) is 2. The van der Waals surface area contributed by atoms with Gasteiger partial charge < -0.3 is 10.6 Å². The Labute approximate surface area is 96.2 Å². The summed E-state index contributed by atoms with van der Waals surface area (Å²) in [7, 11) is 0. The normalized spacial score (nSPS) is 24.3. The third kappa shape index (κ3) is 2.61. The molecular weight excluding hydrogens is 200 g/mol. The van der Waals surface area contributed by atoms with Crippen molar-refractivity contribution in [3.05, 3.63) is 35.9 Å². The van der Waals surface area contributed by atoms with E-state index in [2.05, 4.69) is 17.6 Å². The van der Waals surface area contributed by atoms with E-state index in [9.17, 15) is 4.79 Å². The lowest BCUT2D eigenvalue weighted by Crippen LogP contribution is -2.47. The van der Waals surface area contributed by atoms with E-state index in [4.69, 9.17) is 0 Å². The third-order valence-corrected chi connectivity index (χ3v) is 3.13. The van der Waals surface area contributed by atoms with Crippen molar-refractivity contribution in [3.8, 4) is 0 Å². The molecule has 3 nitrogen and oxygen atoms in total. The van der Waals surface area contributed by atoms with E-state index in [1.54, 1.807) is 0 Å². The van der Waals surface area contributed by atoms with Crippen molar-refractivity contribution in [2.24, 2.45) is 0 Å². The summed E-state index contributed by atoms with van der Waals surface area (Å²) in [6.45, 7) is 3.91. The first-order chi connectivity index (χ1) is 7.70. The van der Waals surface area contributed by atoms with Gasteiger partial charge in [0.1, 0.15) is 0 Å². The Morgan fingerprint density at radius 1 is 1.44 bits per heavy atom. The van der Waals surface area contributed by atoms with E-state index >= 15 is 0 Å². The maximum atomic E-state index is 11.8. The Bertz CT molecular complexity index is 355. The molecule has 1 heterocycles. The Morgan fingerprint density at radius 3 is 2.81 bits per heavy atom. The van der Waals surface area contributed by atoms with Crippen molar-refractivity contribution in [2.75, 3.05) is 13.1 Å². The molecule has 0 bridgehead atoms. The summed E-state index contributed by atoms with van der Waals surface area (Å²) >= 11 is 0. The molecule has 3 heteroatoms. The smallest absolute Gasteiger partial charge is 0.251 e. The molecular formula is C13H18N2O. The van der Waals surface area contributed by atoms with Gasteiger partial charge in [-0.25, -0.2) is 0 Å². The minimum atomic E-state index is 0.00975. The van der Waals surface area contributed by atoms with Crippen LogP contribution in [-0.4, -0.2) is 24.5 Å². The van der Waals surface area contributed by atoms with Crippen LogP contribution in [0.25, 0.3) is 0 Å². The van der Waals surface area contributed by atoms with Crippen LogP contribution in [0.5, 0.6) is 0 Å². The first kappa shape index (κ1) is 11.1. The fourth-order valence-corrected chi connectivity index (χ4v) is 2.07. The summed E-state index contributed by atoms with van der Waals surface area (Å²) in [4.78, 5) is 11.8. The van der Waals surface area contributed by atoms with Gasteiger partial charge in [0.25, 0.3) is 5.91 Å². The monoisotopic (exact) mass is 218 g/mol. The highest BCUT2D eigenvalue weighted by molar-refractivity contribution is 5.94. The summed E-state index contributed by atoms with van der Waals surface area (Å²) in [5, 5.41) is 6.41. The number of carbonyl (C=O) groups is 1. The molecule has 1 amide bonds. The second-order valence-corrected chi connectivity index (χ2v) is 4.64. The predicted octanol–water partition coefficient (Wildman–Crippen LogP) is 1.56. The van der Waals surface area contributed by atoms with Crippen molar-refractivity contribution in [3.63, 3.8) is 0 Å². The van der Waals surface area contributed by atoms with Gasteiger partial charge in [-0.3, -0.25) is 4.79 Å². The molecule has 1 aliphatic rings. The van der Waals surface area contributed by atoms with E-state index in [0.29, 0.717) is 6.54 Å². The molecule has 1 unspecified atom stereocenters. The van der Waals surface area contributed by atoms with Gasteiger partial charge >= 0.3 is 0 Å². The molecule has 0 aliphatic carbocycles. The summed E-state index contributed by atoms with van der Waals surface area (Å²) in [6, 6.07) is 9.34. The molecule has 1 saturated heterocycles. The quantitative estimate of drug-likeness (QED) is 0.808. The van der Waals surface area contributed by atoms with Gasteiger partial charge in [0.2, 0.25) is 0 Å². The Morgan fingerprint density at radius 2 is 2.19 bits per heavy atom. The van der Waals surface area contributed by atoms with Crippen LogP contribution in [0.3, 0.4) is 0 Å². The van der Waals surface area contributed by atoms with Crippen LogP contribution in [0.1, 0.15) is 30.1 Å². The average Bonchev–Trinajstić information content (AvgIpc) is 2.75. The predicted molar refractivity (Wildman–Crippen MR) is 64.4 cm³/mol. The van der Waals surface area contributed by atoms with Crippen molar-refractivity contribution < 1.29 is 4.79 Å². The van der Waals surface area contributed by atoms with Crippen LogP contribution in [0.15, 0.2) is 30.3 Å². The van der Waals surface area contributed by atoms with E-state index in [-0.39, 0.29) is 11.4 Å². The summed E-state index contributed by atoms with van der Waals surface area (Å²) in [6.07, 6.45) is 2.32. The van der Waals surface area contributed by atoms with Crippen LogP contribution < -0.4 is 10.6 Å². The fourth-order valence-electron chi connectivity index (χ4n) is 2.07. The van der Waals surface area contributed by atoms with Gasteiger partial charge in [-0.2, -0.15) is 0 Å². The minimum Gasteiger partial charge on any atom is -0.350 e. The van der Waals surface area contributed by atoms with Crippen LogP contribution >= 0.6 is 0 Å². The second kappa shape index (κ2) is 4.66. The van der Waals surface area contributed by atoms with Gasteiger partial charge in [0.15, 0.2) is 0 Å². The van der Waals surface area contributed by atoms with Gasteiger partial charge in [0, 0.05) is 17.6 Å². The lowest BCUT2D eigenvalue weighted by molar-refractivity contribution is 0.0942. The second-order valence-electron chi connectivity index (χ2n) is 4.64. The summed E-state index contributed by atoms with van der Waals surface area (Å²) in [5.41, 5.74) is 0.800. The molecule has 2 N–H and O–H groups in total. The van der Waals surface area contributed by atoms with E-state index < -0.39 is 0 Å². The maximum Gasteiger partial charge on any atom is 0.251 e. The summed E-state index contributed by atoms with van der Waals surface area (Å²) in [5.74, 6) is 0.00975. The molecule has 1 aliphatic heterocycles. The molecule has 2 rings (SSSR count). The lowest BCUT2D eigenvalue weighted by atomic mass is 10.0. The molecule has 0 radical (unpaired) electrons. The van der Waals surface area contributed by atoms with Crippen LogP contribution in [0.4, 0.5) is 0 Å². The first-order valence-corrected chi connectivity index (χ1v) is 5.78. The standard InChI is InChI=1S/C13H18N2O/c1-13(8-5-9-15-13)10-14-12(16)11-6-3-2-4-7-11/h2-4,6-7,15H,5,8-10H2,1H3,(H,14,16). The van der Waals surface area contributed by atoms with Crippen LogP contribution in [0.2, 0.25) is 0 Å². The van der Waals surface area contributed by atoms with Crippen LogP contribution in [0, 0.1) is 0 Å². The van der Waals surface area contributed by atoms with E-state index in [1.807, 2.05) is 30.3 Å². The van der Waals surface area contributed by atoms with Gasteiger partial charge in [-0.1, -0.05) is 18.2 Å². The highest BCUT2D eigenvalue weighted by Crippen LogP contribution is 2.17. The number of carbonyl (C=O) groups excluding carboxylic acids is 1. The molecule has 0 spiro atoms. The number of benzene rings is 1. The molecule has 0 saturated carbocycles. The average molecular weight is 218 g/mol. The number of amides is 1. The highest BCUT2D eigenvalue weighted by Gasteiger charge is 2.28. The van der Waals surface area contributed by atoms with Gasteiger partial charge in [-0.15, -0.1) is 0 Å². The van der Waals surface area contributed by atoms with Crippen molar-refractivity contribution in [2.45, 2.75) is 25.3 Å². The highest BCUT2D eigenvalue weighted by atomic mass is 16.1. The third-order valence-electron chi connectivity index (χ3n) is 3.13. The molecule has 1 aromatic rings. The van der Waals surface area contributed by atoms with Crippen molar-refractivity contribution in [1.82, 2.24) is 10.6 Å². The van der Waals surface area contributed by atoms with Crippen molar-refractivity contribution in [1.29, 1.82) is 0 Å². The van der Waals surface area contributed by atoms with E-state index in [1.165, 1.54) is 6.42 Å². The number of nitrogens with one attached hydrogen (secondary N) is 2. The zero-order valence-electron chi connectivity index (χ0n) is 9.62. The largest absolute Gasteiger partial charge is 0.350 e. The summed E-state index contributed by atoms with van der Waals surface area (Å²) < 4.78 is 0. The number of rotatable bonds is 3. The SMILES string of the molecule is CC1(CNC(=O)c2ccccc2)CCCN1. The maximum absolute atomic E-state index is 11.8. The van der Waals surface area contributed by atoms with Gasteiger partial charge in [0.05, 0.1) is 0 Å². The van der Waals surface area contributed by atoms with Crippen molar-refractivity contribution >= 4 is 5.91 Å². The Balaban J connectivity index is 1.89. The topological polar surface area (TPSA) is 41.1 Å². The lowest BCUT2D eigenvalue weighted by Gasteiger charge is -2.24. The zero-order chi connectivity index (χ0) is 11.4. The molecule has 1 atom stereocenters. The van der Waals surface area contributed by atoms with Crippen LogP contribution in [-0.2, 0) is 0 Å². The Kier molecular flexibility index (Phi) is 3.25. The van der Waals surface area contributed by atoms with E-state index in [0.717, 1.165) is 18.5 Å². The molecule has 16 heavy (non-hydrogen) atoms. The molecule has 1 aromatic carbocycles. The number of hydrogen-bond acceptors (Lipinski definition) is 2. The molecule has 1 fully saturated rings.